The number of alkyl carbamates (subject to hydrolysis) is 1. The Labute approximate surface area is 213 Å². The molecule has 6 unspecified atom stereocenters. The molecule has 3 aliphatic heterocycles. The van der Waals surface area contributed by atoms with Crippen molar-refractivity contribution < 1.29 is 28.0 Å². The van der Waals surface area contributed by atoms with Crippen molar-refractivity contribution in [2.24, 2.45) is 5.92 Å². The molecule has 2 saturated heterocycles. The molecule has 0 aliphatic carbocycles. The number of fused-ring (bicyclic) bond motifs is 1. The van der Waals surface area contributed by atoms with Crippen molar-refractivity contribution >= 4 is 41.4 Å². The van der Waals surface area contributed by atoms with Crippen molar-refractivity contribution in [3.05, 3.63) is 47.9 Å². The van der Waals surface area contributed by atoms with Crippen molar-refractivity contribution in [3.8, 4) is 0 Å². The molecule has 0 saturated carbocycles. The molecule has 0 aromatic heterocycles. The number of nitrogens with zero attached hydrogens (tertiary/aromatic N) is 1. The van der Waals surface area contributed by atoms with Gasteiger partial charge >= 0.3 is 6.09 Å². The SMILES string of the molecule is CCC[N+]1(C)C=CC2SC(C(=O)NC3SCCC3C(=O)NC(=O)OCc3ccc(F)cc3)NC2C1. The van der Waals surface area contributed by atoms with Crippen LogP contribution in [0.1, 0.15) is 25.3 Å². The van der Waals surface area contributed by atoms with Crippen molar-refractivity contribution in [1.82, 2.24) is 16.0 Å². The van der Waals surface area contributed by atoms with E-state index in [-0.39, 0.29) is 35.0 Å². The van der Waals surface area contributed by atoms with Crippen LogP contribution in [0.15, 0.2) is 36.5 Å². The fourth-order valence-electron chi connectivity index (χ4n) is 4.71. The lowest BCUT2D eigenvalue weighted by Gasteiger charge is -2.37. The third-order valence-corrected chi connectivity index (χ3v) is 9.20. The van der Waals surface area contributed by atoms with Crippen LogP contribution in [0.25, 0.3) is 0 Å². The molecular weight excluding hydrogens is 491 g/mol. The van der Waals surface area contributed by atoms with Gasteiger partial charge in [0.05, 0.1) is 48.9 Å². The number of likely N-dealkylation sites (N-methyl/N-ethyl adjacent to an activating group) is 1. The number of benzene rings is 1. The number of amides is 3. The molecule has 3 heterocycles. The van der Waals surface area contributed by atoms with Crippen LogP contribution in [-0.4, -0.2) is 70.3 Å². The zero-order chi connectivity index (χ0) is 25.0. The topological polar surface area (TPSA) is 96.5 Å². The van der Waals surface area contributed by atoms with Crippen LogP contribution in [0.5, 0.6) is 0 Å². The van der Waals surface area contributed by atoms with E-state index in [0.717, 1.165) is 24.0 Å². The number of thioether (sulfide) groups is 2. The number of rotatable bonds is 7. The van der Waals surface area contributed by atoms with E-state index in [0.29, 0.717) is 17.7 Å². The summed E-state index contributed by atoms with van der Waals surface area (Å²) in [4.78, 5) is 37.8. The summed E-state index contributed by atoms with van der Waals surface area (Å²) in [6.45, 7) is 4.10. The van der Waals surface area contributed by atoms with Crippen LogP contribution in [-0.2, 0) is 20.9 Å². The number of hydrogen-bond acceptors (Lipinski definition) is 7. The van der Waals surface area contributed by atoms with E-state index in [1.165, 1.54) is 36.0 Å². The Kier molecular flexibility index (Phi) is 8.41. The maximum atomic E-state index is 13.0. The molecule has 8 nitrogen and oxygen atoms in total. The number of ether oxygens (including phenoxy) is 1. The minimum Gasteiger partial charge on any atom is -0.444 e. The van der Waals surface area contributed by atoms with Gasteiger partial charge in [-0.2, -0.15) is 0 Å². The normalized spacial score (nSPS) is 31.6. The number of nitrogens with one attached hydrogen (secondary N) is 3. The number of carbonyl (C=O) groups excluding carboxylic acids is 3. The summed E-state index contributed by atoms with van der Waals surface area (Å²) in [6, 6.07) is 5.79. The highest BCUT2D eigenvalue weighted by Gasteiger charge is 2.44. The van der Waals surface area contributed by atoms with Crippen LogP contribution >= 0.6 is 23.5 Å². The Morgan fingerprint density at radius 2 is 2.00 bits per heavy atom. The van der Waals surface area contributed by atoms with E-state index in [9.17, 15) is 18.8 Å². The monoisotopic (exact) mass is 523 g/mol. The van der Waals surface area contributed by atoms with Crippen molar-refractivity contribution in [2.75, 3.05) is 25.9 Å². The molecule has 35 heavy (non-hydrogen) atoms. The maximum absolute atomic E-state index is 13.0. The molecule has 11 heteroatoms. The van der Waals surface area contributed by atoms with Crippen LogP contribution in [0.4, 0.5) is 9.18 Å². The molecule has 2 fully saturated rings. The van der Waals surface area contributed by atoms with E-state index in [2.05, 4.69) is 42.2 Å². The Hall–Kier alpha value is -2.08. The van der Waals surface area contributed by atoms with Crippen LogP contribution < -0.4 is 16.0 Å². The van der Waals surface area contributed by atoms with E-state index >= 15 is 0 Å². The third-order valence-electron chi connectivity index (χ3n) is 6.50. The summed E-state index contributed by atoms with van der Waals surface area (Å²) in [7, 11) is 2.21. The molecular formula is C24H32FN4O4S2+. The summed E-state index contributed by atoms with van der Waals surface area (Å²) in [6.07, 6.45) is 5.23. The highest BCUT2D eigenvalue weighted by atomic mass is 32.2. The summed E-state index contributed by atoms with van der Waals surface area (Å²) >= 11 is 3.11. The fraction of sp³-hybridized carbons (Fsp3) is 0.542. The largest absolute Gasteiger partial charge is 0.444 e. The van der Waals surface area contributed by atoms with Gasteiger partial charge in [0.1, 0.15) is 17.8 Å². The first kappa shape index (κ1) is 26.0. The predicted molar refractivity (Wildman–Crippen MR) is 135 cm³/mol. The van der Waals surface area contributed by atoms with Crippen LogP contribution in [0.2, 0.25) is 0 Å². The van der Waals surface area contributed by atoms with Gasteiger partial charge in [-0.1, -0.05) is 19.1 Å². The van der Waals surface area contributed by atoms with Gasteiger partial charge in [-0.25, -0.2) is 9.18 Å². The molecule has 6 atom stereocenters. The Morgan fingerprint density at radius 1 is 1.23 bits per heavy atom. The molecule has 4 rings (SSSR count). The second kappa shape index (κ2) is 11.3. The van der Waals surface area contributed by atoms with Gasteiger partial charge in [0.2, 0.25) is 11.8 Å². The Bertz CT molecular complexity index is 979. The van der Waals surface area contributed by atoms with Crippen LogP contribution in [0.3, 0.4) is 0 Å². The molecule has 3 amide bonds. The van der Waals surface area contributed by atoms with Gasteiger partial charge < -0.3 is 10.1 Å². The predicted octanol–water partition coefficient (Wildman–Crippen LogP) is 2.56. The van der Waals surface area contributed by atoms with E-state index in [1.807, 2.05) is 0 Å². The molecule has 1 aromatic carbocycles. The molecule has 190 valence electrons. The average Bonchev–Trinajstić information content (AvgIpc) is 3.45. The van der Waals surface area contributed by atoms with Gasteiger partial charge in [-0.15, -0.1) is 23.5 Å². The van der Waals surface area contributed by atoms with Crippen molar-refractivity contribution in [2.45, 2.75) is 48.4 Å². The number of hydrogen-bond donors (Lipinski definition) is 3. The zero-order valence-electron chi connectivity index (χ0n) is 19.9. The number of halogens is 1. The molecule has 0 bridgehead atoms. The summed E-state index contributed by atoms with van der Waals surface area (Å²) in [5.41, 5.74) is 0.612. The minimum atomic E-state index is -0.863. The first-order chi connectivity index (χ1) is 16.8. The number of quaternary nitrogens is 1. The van der Waals surface area contributed by atoms with E-state index < -0.39 is 23.3 Å². The Balaban J connectivity index is 1.25. The highest BCUT2D eigenvalue weighted by Crippen LogP contribution is 2.35. The molecule has 0 spiro atoms. The first-order valence-corrected chi connectivity index (χ1v) is 13.8. The van der Waals surface area contributed by atoms with Crippen LogP contribution in [0, 0.1) is 11.7 Å². The second-order valence-corrected chi connectivity index (χ2v) is 11.9. The lowest BCUT2D eigenvalue weighted by Crippen LogP contribution is -2.55. The first-order valence-electron chi connectivity index (χ1n) is 11.9. The zero-order valence-corrected chi connectivity index (χ0v) is 21.5. The summed E-state index contributed by atoms with van der Waals surface area (Å²) < 4.78 is 18.9. The average molecular weight is 524 g/mol. The second-order valence-electron chi connectivity index (χ2n) is 9.37. The lowest BCUT2D eigenvalue weighted by atomic mass is 10.1. The van der Waals surface area contributed by atoms with Crippen molar-refractivity contribution in [1.29, 1.82) is 0 Å². The summed E-state index contributed by atoms with van der Waals surface area (Å²) in [5.74, 6) is -0.810. The quantitative estimate of drug-likeness (QED) is 0.473. The molecule has 3 N–H and O–H groups in total. The lowest BCUT2D eigenvalue weighted by molar-refractivity contribution is -0.862. The van der Waals surface area contributed by atoms with Gasteiger partial charge in [0, 0.05) is 0 Å². The van der Waals surface area contributed by atoms with E-state index in [1.54, 1.807) is 11.8 Å². The molecule has 0 radical (unpaired) electrons. The summed E-state index contributed by atoms with van der Waals surface area (Å²) in [5, 5.41) is 8.20. The third kappa shape index (κ3) is 6.58. The van der Waals surface area contributed by atoms with Crippen molar-refractivity contribution in [3.63, 3.8) is 0 Å². The highest BCUT2D eigenvalue weighted by molar-refractivity contribution is 8.01. The maximum Gasteiger partial charge on any atom is 0.414 e. The van der Waals surface area contributed by atoms with Gasteiger partial charge in [-0.05, 0) is 42.4 Å². The minimum absolute atomic E-state index is 0.0731. The standard InChI is InChI=1S/C24H31FN4O4S2/c1-3-10-29(2)11-8-19-18(13-29)26-23(35-19)21(31)27-22-17(9-12-34-22)20(30)28-24(32)33-14-15-4-6-16(25)7-5-15/h4-8,11,17-19,22-23,26H,3,9-10,12-14H2,1-2H3,(H-,27,28,30,31,32)/p+1. The van der Waals surface area contributed by atoms with Gasteiger partial charge in [-0.3, -0.25) is 24.7 Å². The van der Waals surface area contributed by atoms with Gasteiger partial charge in [0.15, 0.2) is 0 Å². The fourth-order valence-corrected chi connectivity index (χ4v) is 7.32. The number of carbonyl (C=O) groups is 3. The van der Waals surface area contributed by atoms with E-state index in [4.69, 9.17) is 4.74 Å². The molecule has 1 aromatic rings. The molecule has 3 aliphatic rings. The Morgan fingerprint density at radius 3 is 2.74 bits per heavy atom. The van der Waals surface area contributed by atoms with Gasteiger partial charge in [0.25, 0.3) is 0 Å². The smallest absolute Gasteiger partial charge is 0.414 e. The number of imide groups is 1.